The van der Waals surface area contributed by atoms with Gasteiger partial charge in [-0.25, -0.2) is 4.79 Å². The molecule has 0 spiro atoms. The first-order chi connectivity index (χ1) is 9.97. The summed E-state index contributed by atoms with van der Waals surface area (Å²) in [6.45, 7) is 0.425. The molecule has 0 bridgehead atoms. The molecule has 0 saturated carbocycles. The Morgan fingerprint density at radius 2 is 1.90 bits per heavy atom. The molecule has 0 aliphatic carbocycles. The van der Waals surface area contributed by atoms with Crippen molar-refractivity contribution in [2.75, 3.05) is 13.2 Å². The molecule has 0 atom stereocenters. The van der Waals surface area contributed by atoms with Crippen LogP contribution in [0.1, 0.15) is 40.0 Å². The van der Waals surface area contributed by atoms with Gasteiger partial charge in [0.2, 0.25) is 0 Å². The summed E-state index contributed by atoms with van der Waals surface area (Å²) in [4.78, 5) is 32.9. The Bertz CT molecular complexity index is 543. The fourth-order valence-corrected chi connectivity index (χ4v) is 1.73. The molecular formula is C13H16N2O6. The number of non-ortho nitro benzene ring substituents is 1. The molecule has 0 radical (unpaired) electrons. The van der Waals surface area contributed by atoms with Crippen molar-refractivity contribution < 1.29 is 24.7 Å². The number of carboxylic acids is 1. The molecule has 1 aromatic rings. The van der Waals surface area contributed by atoms with Gasteiger partial charge < -0.3 is 15.5 Å². The lowest BCUT2D eigenvalue weighted by Crippen LogP contribution is -2.26. The monoisotopic (exact) mass is 296 g/mol. The standard InChI is InChI=1S/C13H16N2O6/c16-7-3-1-2-6-14-12(17)10-5-4-9(15(20)21)8-11(10)13(18)19/h4-5,8,16H,1-3,6-7H2,(H,14,17)(H,18,19). The van der Waals surface area contributed by atoms with Crippen molar-refractivity contribution in [3.05, 3.63) is 39.4 Å². The number of unbranched alkanes of at least 4 members (excludes halogenated alkanes) is 2. The summed E-state index contributed by atoms with van der Waals surface area (Å²) in [6.07, 6.45) is 2.03. The number of benzene rings is 1. The number of hydrogen-bond donors (Lipinski definition) is 3. The van der Waals surface area contributed by atoms with Crippen LogP contribution in [0.15, 0.2) is 18.2 Å². The van der Waals surface area contributed by atoms with Crippen LogP contribution in [-0.4, -0.2) is 40.2 Å². The van der Waals surface area contributed by atoms with E-state index in [-0.39, 0.29) is 17.9 Å². The molecule has 8 heteroatoms. The lowest BCUT2D eigenvalue weighted by Gasteiger charge is -2.07. The van der Waals surface area contributed by atoms with Crippen LogP contribution in [0.5, 0.6) is 0 Å². The Hall–Kier alpha value is -2.48. The van der Waals surface area contributed by atoms with Gasteiger partial charge in [-0.2, -0.15) is 0 Å². The van der Waals surface area contributed by atoms with Crippen molar-refractivity contribution in [3.63, 3.8) is 0 Å². The van der Waals surface area contributed by atoms with Crippen molar-refractivity contribution in [1.82, 2.24) is 5.32 Å². The SMILES string of the molecule is O=C(O)c1cc([N+](=O)[O-])ccc1C(=O)NCCCCCO. The summed E-state index contributed by atoms with van der Waals surface area (Å²) >= 11 is 0. The second-order valence-electron chi connectivity index (χ2n) is 4.33. The summed E-state index contributed by atoms with van der Waals surface area (Å²) in [5, 5.41) is 30.8. The topological polar surface area (TPSA) is 130 Å². The van der Waals surface area contributed by atoms with Crippen molar-refractivity contribution in [3.8, 4) is 0 Å². The van der Waals surface area contributed by atoms with Crippen molar-refractivity contribution in [1.29, 1.82) is 0 Å². The lowest BCUT2D eigenvalue weighted by atomic mass is 10.1. The highest BCUT2D eigenvalue weighted by Crippen LogP contribution is 2.18. The minimum Gasteiger partial charge on any atom is -0.478 e. The van der Waals surface area contributed by atoms with E-state index in [4.69, 9.17) is 10.2 Å². The second-order valence-corrected chi connectivity index (χ2v) is 4.33. The lowest BCUT2D eigenvalue weighted by molar-refractivity contribution is -0.384. The van der Waals surface area contributed by atoms with E-state index in [9.17, 15) is 19.7 Å². The maximum Gasteiger partial charge on any atom is 0.336 e. The number of nitro groups is 1. The number of nitrogens with one attached hydrogen (secondary N) is 1. The number of carboxylic acid groups (broad SMARTS) is 1. The van der Waals surface area contributed by atoms with E-state index in [1.165, 1.54) is 0 Å². The average Bonchev–Trinajstić information content (AvgIpc) is 2.46. The van der Waals surface area contributed by atoms with Gasteiger partial charge in [0.05, 0.1) is 16.1 Å². The Morgan fingerprint density at radius 3 is 2.48 bits per heavy atom. The molecule has 1 rings (SSSR count). The third kappa shape index (κ3) is 4.84. The average molecular weight is 296 g/mol. The molecule has 0 heterocycles. The Labute approximate surface area is 120 Å². The predicted molar refractivity (Wildman–Crippen MR) is 73.3 cm³/mol. The molecule has 0 aliphatic heterocycles. The van der Waals surface area contributed by atoms with Gasteiger partial charge in [0, 0.05) is 25.3 Å². The van der Waals surface area contributed by atoms with Crippen molar-refractivity contribution in [2.45, 2.75) is 19.3 Å². The van der Waals surface area contributed by atoms with Crippen molar-refractivity contribution >= 4 is 17.6 Å². The highest BCUT2D eigenvalue weighted by Gasteiger charge is 2.20. The Balaban J connectivity index is 2.79. The highest BCUT2D eigenvalue weighted by molar-refractivity contribution is 6.05. The number of carbonyl (C=O) groups is 2. The van der Waals surface area contributed by atoms with E-state index in [1.807, 2.05) is 0 Å². The summed E-state index contributed by atoms with van der Waals surface area (Å²) < 4.78 is 0. The number of nitrogens with zero attached hydrogens (tertiary/aromatic N) is 1. The third-order valence-electron chi connectivity index (χ3n) is 2.81. The molecule has 0 fully saturated rings. The van der Waals surface area contributed by atoms with Crippen LogP contribution in [0.2, 0.25) is 0 Å². The number of carbonyl (C=O) groups excluding carboxylic acids is 1. The number of nitro benzene ring substituents is 1. The number of aliphatic hydroxyl groups excluding tert-OH is 1. The highest BCUT2D eigenvalue weighted by atomic mass is 16.6. The van der Waals surface area contributed by atoms with E-state index >= 15 is 0 Å². The summed E-state index contributed by atoms with van der Waals surface area (Å²) in [5.74, 6) is -1.99. The summed E-state index contributed by atoms with van der Waals surface area (Å²) in [7, 11) is 0. The predicted octanol–water partition coefficient (Wildman–Crippen LogP) is 1.19. The number of aromatic carboxylic acids is 1. The molecule has 1 aromatic carbocycles. The van der Waals surface area contributed by atoms with Crippen LogP contribution in [0.25, 0.3) is 0 Å². The van der Waals surface area contributed by atoms with E-state index in [1.54, 1.807) is 0 Å². The van der Waals surface area contributed by atoms with Crippen LogP contribution >= 0.6 is 0 Å². The summed E-state index contributed by atoms with van der Waals surface area (Å²) in [5.41, 5.74) is -0.904. The van der Waals surface area contributed by atoms with Crippen LogP contribution in [0, 0.1) is 10.1 Å². The Morgan fingerprint density at radius 1 is 1.19 bits per heavy atom. The molecule has 0 aromatic heterocycles. The van der Waals surface area contributed by atoms with Crippen LogP contribution in [-0.2, 0) is 0 Å². The molecule has 8 nitrogen and oxygen atoms in total. The molecule has 21 heavy (non-hydrogen) atoms. The first kappa shape index (κ1) is 16.6. The molecule has 0 aliphatic rings. The van der Waals surface area contributed by atoms with Gasteiger partial charge in [0.15, 0.2) is 0 Å². The smallest absolute Gasteiger partial charge is 0.336 e. The van der Waals surface area contributed by atoms with E-state index < -0.39 is 22.4 Å². The van der Waals surface area contributed by atoms with Gasteiger partial charge in [-0.3, -0.25) is 14.9 Å². The molecule has 0 saturated heterocycles. The van der Waals surface area contributed by atoms with Gasteiger partial charge in [-0.1, -0.05) is 0 Å². The van der Waals surface area contributed by atoms with E-state index in [2.05, 4.69) is 5.32 Å². The Kier molecular flexibility index (Phi) is 6.28. The fourth-order valence-electron chi connectivity index (χ4n) is 1.73. The number of aliphatic hydroxyl groups is 1. The summed E-state index contributed by atoms with van der Waals surface area (Å²) in [6, 6.07) is 3.08. The molecule has 1 amide bonds. The van der Waals surface area contributed by atoms with Gasteiger partial charge in [-0.15, -0.1) is 0 Å². The first-order valence-electron chi connectivity index (χ1n) is 6.38. The van der Waals surface area contributed by atoms with Crippen LogP contribution in [0.3, 0.4) is 0 Å². The molecular weight excluding hydrogens is 280 g/mol. The van der Waals surface area contributed by atoms with Gasteiger partial charge in [0.1, 0.15) is 0 Å². The zero-order valence-electron chi connectivity index (χ0n) is 11.2. The first-order valence-corrected chi connectivity index (χ1v) is 6.38. The second kappa shape index (κ2) is 7.95. The van der Waals surface area contributed by atoms with Gasteiger partial charge >= 0.3 is 5.97 Å². The van der Waals surface area contributed by atoms with Crippen molar-refractivity contribution in [2.24, 2.45) is 0 Å². The quantitative estimate of drug-likeness (QED) is 0.375. The third-order valence-corrected chi connectivity index (χ3v) is 2.81. The molecule has 114 valence electrons. The maximum atomic E-state index is 11.9. The molecule has 3 N–H and O–H groups in total. The van der Waals surface area contributed by atoms with Crippen LogP contribution in [0.4, 0.5) is 5.69 Å². The minimum atomic E-state index is -1.40. The zero-order chi connectivity index (χ0) is 15.8. The fraction of sp³-hybridized carbons (Fsp3) is 0.385. The normalized spacial score (nSPS) is 10.1. The largest absolute Gasteiger partial charge is 0.478 e. The van der Waals surface area contributed by atoms with Crippen LogP contribution < -0.4 is 5.32 Å². The van der Waals surface area contributed by atoms with Gasteiger partial charge in [0.25, 0.3) is 11.6 Å². The van der Waals surface area contributed by atoms with Gasteiger partial charge in [-0.05, 0) is 25.3 Å². The number of rotatable bonds is 8. The maximum absolute atomic E-state index is 11.9. The van der Waals surface area contributed by atoms with E-state index in [0.717, 1.165) is 24.6 Å². The van der Waals surface area contributed by atoms with E-state index in [0.29, 0.717) is 19.4 Å². The zero-order valence-corrected chi connectivity index (χ0v) is 11.2. The minimum absolute atomic E-state index is 0.0828. The number of hydrogen-bond acceptors (Lipinski definition) is 5. The molecule has 0 unspecified atom stereocenters. The number of amides is 1.